The Kier molecular flexibility index (Phi) is 5.20. The van der Waals surface area contributed by atoms with Crippen LogP contribution in [0.25, 0.3) is 0 Å². The van der Waals surface area contributed by atoms with E-state index in [-0.39, 0.29) is 0 Å². The maximum atomic E-state index is 4.30. The van der Waals surface area contributed by atoms with E-state index < -0.39 is 0 Å². The molecule has 1 unspecified atom stereocenters. The van der Waals surface area contributed by atoms with Gasteiger partial charge in [0.2, 0.25) is 0 Å². The minimum absolute atomic E-state index is 0.634. The first-order valence-electron chi connectivity index (χ1n) is 7.57. The molecule has 0 spiro atoms. The number of rotatable bonds is 5. The molecule has 0 aliphatic carbocycles. The van der Waals surface area contributed by atoms with Gasteiger partial charge >= 0.3 is 0 Å². The highest BCUT2D eigenvalue weighted by atomic mass is 15.2. The van der Waals surface area contributed by atoms with E-state index in [2.05, 4.69) is 48.1 Å². The van der Waals surface area contributed by atoms with E-state index in [1.54, 1.807) is 0 Å². The zero-order chi connectivity index (χ0) is 13.7. The number of hydrogen-bond donors (Lipinski definition) is 1. The van der Waals surface area contributed by atoms with Gasteiger partial charge < -0.3 is 10.2 Å². The summed E-state index contributed by atoms with van der Waals surface area (Å²) in [5.41, 5.74) is 2.44. The lowest BCUT2D eigenvalue weighted by molar-refractivity contribution is 0.423. The summed E-state index contributed by atoms with van der Waals surface area (Å²) in [6.45, 7) is 9.98. The summed E-state index contributed by atoms with van der Waals surface area (Å²) in [7, 11) is 0. The van der Waals surface area contributed by atoms with E-state index >= 15 is 0 Å². The molecular weight excluding hydrogens is 234 g/mol. The Morgan fingerprint density at radius 2 is 2.26 bits per heavy atom. The molecule has 2 rings (SSSR count). The highest BCUT2D eigenvalue weighted by Gasteiger charge is 2.22. The second kappa shape index (κ2) is 6.90. The number of piperidine rings is 1. The molecule has 1 aromatic heterocycles. The van der Waals surface area contributed by atoms with Gasteiger partial charge in [-0.25, -0.2) is 0 Å². The summed E-state index contributed by atoms with van der Waals surface area (Å²) in [5.74, 6) is 0.722. The first-order chi connectivity index (χ1) is 9.16. The van der Waals surface area contributed by atoms with Crippen molar-refractivity contribution in [3.8, 4) is 0 Å². The lowest BCUT2D eigenvalue weighted by atomic mass is 10.0. The van der Waals surface area contributed by atoms with Crippen LogP contribution in [0.15, 0.2) is 18.3 Å². The van der Waals surface area contributed by atoms with Gasteiger partial charge in [-0.1, -0.05) is 13.8 Å². The number of aromatic nitrogens is 1. The van der Waals surface area contributed by atoms with Gasteiger partial charge in [0.05, 0.1) is 0 Å². The fourth-order valence-electron chi connectivity index (χ4n) is 2.80. The Labute approximate surface area is 117 Å². The Morgan fingerprint density at radius 1 is 1.42 bits per heavy atom. The van der Waals surface area contributed by atoms with Crippen molar-refractivity contribution in [2.75, 3.05) is 24.5 Å². The molecular formula is C16H27N3. The van der Waals surface area contributed by atoms with Crippen LogP contribution in [-0.4, -0.2) is 30.7 Å². The topological polar surface area (TPSA) is 28.2 Å². The van der Waals surface area contributed by atoms with Gasteiger partial charge in [-0.3, -0.25) is 4.98 Å². The maximum absolute atomic E-state index is 4.30. The van der Waals surface area contributed by atoms with Crippen molar-refractivity contribution in [3.05, 3.63) is 24.0 Å². The van der Waals surface area contributed by atoms with E-state index in [1.807, 2.05) is 6.20 Å². The number of nitrogens with zero attached hydrogens (tertiary/aromatic N) is 2. The Morgan fingerprint density at radius 3 is 3.00 bits per heavy atom. The van der Waals surface area contributed by atoms with Crippen molar-refractivity contribution >= 4 is 5.69 Å². The van der Waals surface area contributed by atoms with Crippen molar-refractivity contribution < 1.29 is 0 Å². The van der Waals surface area contributed by atoms with Crippen molar-refractivity contribution in [2.24, 2.45) is 5.92 Å². The molecule has 1 aliphatic rings. The fourth-order valence-corrected chi connectivity index (χ4v) is 2.80. The Hall–Kier alpha value is -1.09. The minimum atomic E-state index is 0.634. The van der Waals surface area contributed by atoms with Crippen molar-refractivity contribution in [1.29, 1.82) is 0 Å². The molecule has 1 aliphatic heterocycles. The smallest absolute Gasteiger partial charge is 0.0414 e. The lowest BCUT2D eigenvalue weighted by Gasteiger charge is -2.38. The monoisotopic (exact) mass is 261 g/mol. The van der Waals surface area contributed by atoms with Crippen molar-refractivity contribution in [3.63, 3.8) is 0 Å². The van der Waals surface area contributed by atoms with Crippen LogP contribution in [0.2, 0.25) is 0 Å². The number of nitrogens with one attached hydrogen (secondary N) is 1. The molecule has 3 heteroatoms. The van der Waals surface area contributed by atoms with Gasteiger partial charge in [0.25, 0.3) is 0 Å². The van der Waals surface area contributed by atoms with Gasteiger partial charge in [-0.05, 0) is 50.8 Å². The van der Waals surface area contributed by atoms with Crippen LogP contribution in [-0.2, 0) is 0 Å². The molecule has 3 nitrogen and oxygen atoms in total. The second-order valence-electron chi connectivity index (χ2n) is 6.05. The predicted molar refractivity (Wildman–Crippen MR) is 81.7 cm³/mol. The predicted octanol–water partition coefficient (Wildman–Crippen LogP) is 2.99. The maximum Gasteiger partial charge on any atom is 0.0414 e. The van der Waals surface area contributed by atoms with Crippen LogP contribution in [0.4, 0.5) is 5.69 Å². The highest BCUT2D eigenvalue weighted by Crippen LogP contribution is 2.24. The van der Waals surface area contributed by atoms with Gasteiger partial charge in [0.1, 0.15) is 0 Å². The van der Waals surface area contributed by atoms with Crippen LogP contribution in [0.3, 0.4) is 0 Å². The summed E-state index contributed by atoms with van der Waals surface area (Å²) in [4.78, 5) is 6.86. The van der Waals surface area contributed by atoms with Crippen LogP contribution < -0.4 is 10.2 Å². The van der Waals surface area contributed by atoms with Gasteiger partial charge in [0.15, 0.2) is 0 Å². The molecule has 0 radical (unpaired) electrons. The number of aryl methyl sites for hydroxylation is 1. The summed E-state index contributed by atoms with van der Waals surface area (Å²) in [6.07, 6.45) is 5.89. The molecule has 1 fully saturated rings. The molecule has 0 amide bonds. The van der Waals surface area contributed by atoms with Gasteiger partial charge in [-0.2, -0.15) is 0 Å². The lowest BCUT2D eigenvalue weighted by Crippen LogP contribution is -2.46. The molecule has 19 heavy (non-hydrogen) atoms. The summed E-state index contributed by atoms with van der Waals surface area (Å²) < 4.78 is 0. The van der Waals surface area contributed by atoms with Crippen LogP contribution in [0.1, 0.15) is 38.8 Å². The molecule has 0 saturated carbocycles. The number of anilines is 1. The fraction of sp³-hybridized carbons (Fsp3) is 0.688. The quantitative estimate of drug-likeness (QED) is 0.883. The molecule has 0 bridgehead atoms. The molecule has 2 heterocycles. The van der Waals surface area contributed by atoms with E-state index in [9.17, 15) is 0 Å². The van der Waals surface area contributed by atoms with Crippen molar-refractivity contribution in [1.82, 2.24) is 10.3 Å². The summed E-state index contributed by atoms with van der Waals surface area (Å²) in [6, 6.07) is 4.99. The Balaban J connectivity index is 1.99. The molecule has 1 atom stereocenters. The molecule has 1 aromatic rings. The molecule has 1 N–H and O–H groups in total. The van der Waals surface area contributed by atoms with E-state index in [0.717, 1.165) is 24.7 Å². The Bertz CT molecular complexity index is 389. The summed E-state index contributed by atoms with van der Waals surface area (Å²) >= 11 is 0. The van der Waals surface area contributed by atoms with Crippen molar-refractivity contribution in [2.45, 2.75) is 46.1 Å². The number of hydrogen-bond acceptors (Lipinski definition) is 3. The zero-order valence-electron chi connectivity index (χ0n) is 12.5. The normalized spacial score (nSPS) is 20.0. The third-order valence-corrected chi connectivity index (χ3v) is 3.77. The first kappa shape index (κ1) is 14.3. The summed E-state index contributed by atoms with van der Waals surface area (Å²) in [5, 5.41) is 3.61. The largest absolute Gasteiger partial charge is 0.367 e. The standard InChI is InChI=1S/C16H27N3/c1-13(2)11-17-12-16-6-4-5-9-19(16)15-7-8-18-14(3)10-15/h7-8,10,13,16-17H,4-6,9,11-12H2,1-3H3. The van der Waals surface area contributed by atoms with E-state index in [0.29, 0.717) is 6.04 Å². The van der Waals surface area contributed by atoms with Crippen LogP contribution in [0.5, 0.6) is 0 Å². The van der Waals surface area contributed by atoms with E-state index in [4.69, 9.17) is 0 Å². The average Bonchev–Trinajstić information content (AvgIpc) is 2.39. The van der Waals surface area contributed by atoms with Gasteiger partial charge in [0, 0.05) is 36.7 Å². The second-order valence-corrected chi connectivity index (χ2v) is 6.05. The first-order valence-corrected chi connectivity index (χ1v) is 7.57. The molecule has 1 saturated heterocycles. The minimum Gasteiger partial charge on any atom is -0.367 e. The third kappa shape index (κ3) is 4.20. The van der Waals surface area contributed by atoms with Crippen LogP contribution in [0, 0.1) is 12.8 Å². The highest BCUT2D eigenvalue weighted by molar-refractivity contribution is 5.48. The van der Waals surface area contributed by atoms with Gasteiger partial charge in [-0.15, -0.1) is 0 Å². The zero-order valence-corrected chi connectivity index (χ0v) is 12.5. The van der Waals surface area contributed by atoms with Crippen LogP contribution >= 0.6 is 0 Å². The molecule has 0 aromatic carbocycles. The third-order valence-electron chi connectivity index (χ3n) is 3.77. The van der Waals surface area contributed by atoms with E-state index in [1.165, 1.54) is 31.5 Å². The molecule has 106 valence electrons. The SMILES string of the molecule is Cc1cc(N2CCCCC2CNCC(C)C)ccn1. The number of pyridine rings is 1. The average molecular weight is 261 g/mol.